The van der Waals surface area contributed by atoms with E-state index < -0.39 is 11.9 Å². The van der Waals surface area contributed by atoms with Crippen molar-refractivity contribution in [1.29, 1.82) is 0 Å². The molecule has 0 aromatic rings. The fourth-order valence-corrected chi connectivity index (χ4v) is 1.81. The standard InChI is InChI=1S/C9H13O3/c1-6(10)7-4-2-3-5-8(7)9(11)12/h7-8H,1-5H2,(H,11,12). The lowest BCUT2D eigenvalue weighted by molar-refractivity contribution is -0.147. The molecule has 0 spiro atoms. The van der Waals surface area contributed by atoms with Crippen LogP contribution in [0.25, 0.3) is 0 Å². The third-order valence-electron chi connectivity index (χ3n) is 2.50. The average Bonchev–Trinajstić information content (AvgIpc) is 2.04. The number of rotatable bonds is 2. The van der Waals surface area contributed by atoms with E-state index in [1.807, 2.05) is 0 Å². The zero-order valence-electron chi connectivity index (χ0n) is 6.95. The van der Waals surface area contributed by atoms with E-state index in [0.29, 0.717) is 12.8 Å². The first-order valence-electron chi connectivity index (χ1n) is 4.21. The SMILES string of the molecule is [CH2]C(=O)C1CCCCC1C(=O)O. The molecular weight excluding hydrogens is 156 g/mol. The molecule has 3 heteroatoms. The lowest BCUT2D eigenvalue weighted by Gasteiger charge is -2.25. The highest BCUT2D eigenvalue weighted by Crippen LogP contribution is 2.30. The minimum Gasteiger partial charge on any atom is -0.481 e. The number of carbonyl (C=O) groups is 2. The van der Waals surface area contributed by atoms with Gasteiger partial charge in [-0.15, -0.1) is 0 Å². The first kappa shape index (κ1) is 9.23. The van der Waals surface area contributed by atoms with Gasteiger partial charge in [0.25, 0.3) is 0 Å². The fraction of sp³-hybridized carbons (Fsp3) is 0.667. The van der Waals surface area contributed by atoms with Gasteiger partial charge in [0.05, 0.1) is 5.92 Å². The summed E-state index contributed by atoms with van der Waals surface area (Å²) in [4.78, 5) is 21.6. The molecule has 0 saturated heterocycles. The van der Waals surface area contributed by atoms with Crippen LogP contribution in [-0.4, -0.2) is 16.9 Å². The number of carboxylic acids is 1. The molecule has 67 valence electrons. The predicted octanol–water partition coefficient (Wildman–Crippen LogP) is 1.28. The van der Waals surface area contributed by atoms with Crippen molar-refractivity contribution in [2.45, 2.75) is 25.7 Å². The topological polar surface area (TPSA) is 54.4 Å². The molecule has 0 aromatic heterocycles. The van der Waals surface area contributed by atoms with Crippen molar-refractivity contribution in [2.75, 3.05) is 0 Å². The molecule has 3 nitrogen and oxygen atoms in total. The maximum atomic E-state index is 10.9. The molecule has 1 fully saturated rings. The third-order valence-corrected chi connectivity index (χ3v) is 2.50. The van der Waals surface area contributed by atoms with E-state index in [-0.39, 0.29) is 11.7 Å². The molecule has 1 rings (SSSR count). The zero-order chi connectivity index (χ0) is 9.14. The Bertz CT molecular complexity index is 176. The van der Waals surface area contributed by atoms with Gasteiger partial charge in [-0.25, -0.2) is 0 Å². The molecule has 0 aromatic carbocycles. The summed E-state index contributed by atoms with van der Waals surface area (Å²) in [6.07, 6.45) is 3.19. The van der Waals surface area contributed by atoms with Gasteiger partial charge < -0.3 is 5.11 Å². The van der Waals surface area contributed by atoms with E-state index in [4.69, 9.17) is 5.11 Å². The number of hydrogen-bond acceptors (Lipinski definition) is 2. The fourth-order valence-electron chi connectivity index (χ4n) is 1.81. The van der Waals surface area contributed by atoms with Crippen LogP contribution in [-0.2, 0) is 9.59 Å². The summed E-state index contributed by atoms with van der Waals surface area (Å²) in [5.74, 6) is -1.89. The van der Waals surface area contributed by atoms with Crippen LogP contribution in [0.2, 0.25) is 0 Å². The van der Waals surface area contributed by atoms with Gasteiger partial charge in [0, 0.05) is 12.8 Å². The van der Waals surface area contributed by atoms with Crippen LogP contribution >= 0.6 is 0 Å². The van der Waals surface area contributed by atoms with Gasteiger partial charge in [0.2, 0.25) is 0 Å². The summed E-state index contributed by atoms with van der Waals surface area (Å²) in [5, 5.41) is 8.78. The van der Waals surface area contributed by atoms with Crippen LogP contribution in [0.1, 0.15) is 25.7 Å². The van der Waals surface area contributed by atoms with Gasteiger partial charge in [-0.05, 0) is 12.8 Å². The molecule has 1 N–H and O–H groups in total. The summed E-state index contributed by atoms with van der Waals surface area (Å²) in [5.41, 5.74) is 0. The van der Waals surface area contributed by atoms with Crippen LogP contribution in [0.5, 0.6) is 0 Å². The normalized spacial score (nSPS) is 29.8. The highest BCUT2D eigenvalue weighted by atomic mass is 16.4. The second kappa shape index (κ2) is 3.70. The summed E-state index contributed by atoms with van der Waals surface area (Å²) in [7, 11) is 0. The van der Waals surface area contributed by atoms with Gasteiger partial charge in [0.15, 0.2) is 0 Å². The van der Waals surface area contributed by atoms with E-state index in [9.17, 15) is 9.59 Å². The van der Waals surface area contributed by atoms with Crippen molar-refractivity contribution in [2.24, 2.45) is 11.8 Å². The maximum absolute atomic E-state index is 10.9. The first-order valence-corrected chi connectivity index (χ1v) is 4.21. The minimum atomic E-state index is -0.850. The summed E-state index contributed by atoms with van der Waals surface area (Å²) < 4.78 is 0. The van der Waals surface area contributed by atoms with E-state index in [1.165, 1.54) is 0 Å². The Kier molecular flexibility index (Phi) is 2.84. The predicted molar refractivity (Wildman–Crippen MR) is 43.4 cm³/mol. The molecule has 0 bridgehead atoms. The lowest BCUT2D eigenvalue weighted by atomic mass is 9.77. The molecule has 1 aliphatic carbocycles. The molecule has 12 heavy (non-hydrogen) atoms. The number of hydrogen-bond donors (Lipinski definition) is 1. The number of ketones is 1. The molecule has 1 saturated carbocycles. The van der Waals surface area contributed by atoms with Crippen molar-refractivity contribution < 1.29 is 14.7 Å². The van der Waals surface area contributed by atoms with Gasteiger partial charge in [-0.3, -0.25) is 9.59 Å². The lowest BCUT2D eigenvalue weighted by Crippen LogP contribution is -2.31. The molecule has 0 aliphatic heterocycles. The van der Waals surface area contributed by atoms with E-state index in [0.717, 1.165) is 12.8 Å². The molecular formula is C9H13O3. The Morgan fingerprint density at radius 3 is 2.00 bits per heavy atom. The Balaban J connectivity index is 2.67. The van der Waals surface area contributed by atoms with Crippen molar-refractivity contribution in [1.82, 2.24) is 0 Å². The van der Waals surface area contributed by atoms with Crippen molar-refractivity contribution in [3.63, 3.8) is 0 Å². The highest BCUT2D eigenvalue weighted by Gasteiger charge is 2.33. The van der Waals surface area contributed by atoms with E-state index >= 15 is 0 Å². The molecule has 2 atom stereocenters. The Morgan fingerprint density at radius 1 is 1.17 bits per heavy atom. The average molecular weight is 169 g/mol. The van der Waals surface area contributed by atoms with Crippen LogP contribution in [0.4, 0.5) is 0 Å². The van der Waals surface area contributed by atoms with Gasteiger partial charge in [0.1, 0.15) is 5.78 Å². The molecule has 1 radical (unpaired) electrons. The van der Waals surface area contributed by atoms with Crippen LogP contribution in [0.3, 0.4) is 0 Å². The summed E-state index contributed by atoms with van der Waals surface area (Å²) >= 11 is 0. The summed E-state index contributed by atoms with van der Waals surface area (Å²) in [6.45, 7) is 3.29. The minimum absolute atomic E-state index is 0.220. The molecule has 1 aliphatic rings. The van der Waals surface area contributed by atoms with Gasteiger partial charge >= 0.3 is 5.97 Å². The quantitative estimate of drug-likeness (QED) is 0.677. The number of carbonyl (C=O) groups excluding carboxylic acids is 1. The second-order valence-electron chi connectivity index (χ2n) is 3.30. The summed E-state index contributed by atoms with van der Waals surface area (Å²) in [6, 6.07) is 0. The molecule has 0 heterocycles. The van der Waals surface area contributed by atoms with Crippen LogP contribution in [0, 0.1) is 18.8 Å². The largest absolute Gasteiger partial charge is 0.481 e. The van der Waals surface area contributed by atoms with Gasteiger partial charge in [-0.2, -0.15) is 0 Å². The van der Waals surface area contributed by atoms with Crippen molar-refractivity contribution in [3.8, 4) is 0 Å². The number of Topliss-reactive ketones (excluding diaryl/α,β-unsaturated/α-hetero) is 1. The molecule has 2 unspecified atom stereocenters. The highest BCUT2D eigenvalue weighted by molar-refractivity contribution is 5.89. The van der Waals surface area contributed by atoms with Crippen molar-refractivity contribution >= 4 is 11.8 Å². The van der Waals surface area contributed by atoms with E-state index in [2.05, 4.69) is 6.92 Å². The van der Waals surface area contributed by atoms with Crippen LogP contribution < -0.4 is 0 Å². The van der Waals surface area contributed by atoms with Crippen molar-refractivity contribution in [3.05, 3.63) is 6.92 Å². The molecule has 0 amide bonds. The number of carboxylic acid groups (broad SMARTS) is 1. The maximum Gasteiger partial charge on any atom is 0.307 e. The monoisotopic (exact) mass is 169 g/mol. The Morgan fingerprint density at radius 2 is 1.67 bits per heavy atom. The van der Waals surface area contributed by atoms with Crippen LogP contribution in [0.15, 0.2) is 0 Å². The Labute approximate surface area is 71.8 Å². The first-order chi connectivity index (χ1) is 5.63. The zero-order valence-corrected chi connectivity index (χ0v) is 6.95. The third kappa shape index (κ3) is 1.84. The Hall–Kier alpha value is -0.860. The number of aliphatic carboxylic acids is 1. The smallest absolute Gasteiger partial charge is 0.307 e. The van der Waals surface area contributed by atoms with Gasteiger partial charge in [-0.1, -0.05) is 12.8 Å². The van der Waals surface area contributed by atoms with E-state index in [1.54, 1.807) is 0 Å². The second-order valence-corrected chi connectivity index (χ2v) is 3.30.